The lowest BCUT2D eigenvalue weighted by Crippen LogP contribution is -2.26. The Bertz CT molecular complexity index is 438. The maximum atomic E-state index is 11.9. The van der Waals surface area contributed by atoms with Gasteiger partial charge in [0, 0.05) is 24.3 Å². The second kappa shape index (κ2) is 8.03. The van der Waals surface area contributed by atoms with E-state index in [1.807, 2.05) is 12.1 Å². The van der Waals surface area contributed by atoms with Crippen LogP contribution >= 0.6 is 0 Å². The summed E-state index contributed by atoms with van der Waals surface area (Å²) < 4.78 is 0. The van der Waals surface area contributed by atoms with Gasteiger partial charge in [-0.25, -0.2) is 0 Å². The van der Waals surface area contributed by atoms with E-state index in [1.165, 1.54) is 32.2 Å². The van der Waals surface area contributed by atoms with Gasteiger partial charge in [-0.2, -0.15) is 0 Å². The van der Waals surface area contributed by atoms with Crippen molar-refractivity contribution >= 4 is 17.3 Å². The van der Waals surface area contributed by atoms with Gasteiger partial charge in [-0.3, -0.25) is 4.79 Å². The molecule has 0 saturated heterocycles. The average molecular weight is 289 g/mol. The number of benzene rings is 1. The van der Waals surface area contributed by atoms with Crippen molar-refractivity contribution in [2.75, 3.05) is 31.2 Å². The summed E-state index contributed by atoms with van der Waals surface area (Å²) in [7, 11) is 2.16. The highest BCUT2D eigenvalue weighted by Crippen LogP contribution is 2.25. The molecular formula is C17H27N3O. The van der Waals surface area contributed by atoms with E-state index in [0.717, 1.165) is 24.6 Å². The van der Waals surface area contributed by atoms with Crippen LogP contribution in [0, 0.1) is 5.92 Å². The van der Waals surface area contributed by atoms with E-state index in [9.17, 15) is 4.79 Å². The predicted octanol–water partition coefficient (Wildman–Crippen LogP) is 3.11. The van der Waals surface area contributed by atoms with Gasteiger partial charge in [0.2, 0.25) is 5.91 Å². The van der Waals surface area contributed by atoms with E-state index >= 15 is 0 Å². The molecule has 3 N–H and O–H groups in total. The molecule has 1 aromatic carbocycles. The molecule has 4 heteroatoms. The number of nitrogens with one attached hydrogen (secondary N) is 1. The molecular weight excluding hydrogens is 262 g/mol. The van der Waals surface area contributed by atoms with Gasteiger partial charge in [-0.05, 0) is 63.0 Å². The van der Waals surface area contributed by atoms with Crippen LogP contribution in [-0.2, 0) is 4.79 Å². The summed E-state index contributed by atoms with van der Waals surface area (Å²) in [6, 6.07) is 7.26. The van der Waals surface area contributed by atoms with E-state index in [2.05, 4.69) is 17.3 Å². The van der Waals surface area contributed by atoms with Gasteiger partial charge in [-0.1, -0.05) is 12.8 Å². The minimum atomic E-state index is 0.0778. The molecule has 1 aromatic rings. The number of nitrogens with zero attached hydrogens (tertiary/aromatic N) is 1. The summed E-state index contributed by atoms with van der Waals surface area (Å²) in [6.07, 6.45) is 7.01. The molecule has 1 amide bonds. The van der Waals surface area contributed by atoms with Crippen LogP contribution in [0.3, 0.4) is 0 Å². The zero-order valence-corrected chi connectivity index (χ0v) is 13.0. The second-order valence-corrected chi connectivity index (χ2v) is 6.19. The molecule has 2 rings (SSSR count). The van der Waals surface area contributed by atoms with E-state index in [4.69, 9.17) is 5.73 Å². The van der Waals surface area contributed by atoms with Gasteiger partial charge in [0.25, 0.3) is 0 Å². The second-order valence-electron chi connectivity index (χ2n) is 6.19. The van der Waals surface area contributed by atoms with Crippen LogP contribution in [-0.4, -0.2) is 30.9 Å². The van der Waals surface area contributed by atoms with Crippen molar-refractivity contribution in [2.45, 2.75) is 38.5 Å². The Morgan fingerprint density at radius 2 is 1.95 bits per heavy atom. The third kappa shape index (κ3) is 5.76. The first kappa shape index (κ1) is 15.8. The van der Waals surface area contributed by atoms with Crippen molar-refractivity contribution < 1.29 is 4.79 Å². The van der Waals surface area contributed by atoms with Crippen LogP contribution in [0.4, 0.5) is 11.4 Å². The first-order valence-electron chi connectivity index (χ1n) is 7.97. The minimum absolute atomic E-state index is 0.0778. The van der Waals surface area contributed by atoms with Crippen LogP contribution in [0.5, 0.6) is 0 Å². The van der Waals surface area contributed by atoms with Crippen molar-refractivity contribution in [3.05, 3.63) is 24.3 Å². The SMILES string of the molecule is CN(CCCC(=O)Nc1ccc(N)cc1)CC1CCCC1. The Morgan fingerprint density at radius 1 is 1.29 bits per heavy atom. The summed E-state index contributed by atoms with van der Waals surface area (Å²) in [5, 5.41) is 2.90. The molecule has 1 fully saturated rings. The molecule has 0 atom stereocenters. The first-order chi connectivity index (χ1) is 10.1. The summed E-state index contributed by atoms with van der Waals surface area (Å²) in [5.74, 6) is 0.952. The Morgan fingerprint density at radius 3 is 2.62 bits per heavy atom. The number of carbonyl (C=O) groups is 1. The number of carbonyl (C=O) groups excluding carboxylic acids is 1. The molecule has 0 heterocycles. The van der Waals surface area contributed by atoms with Crippen molar-refractivity contribution in [1.82, 2.24) is 4.90 Å². The topological polar surface area (TPSA) is 58.4 Å². The Kier molecular flexibility index (Phi) is 6.05. The number of anilines is 2. The fourth-order valence-corrected chi connectivity index (χ4v) is 3.02. The Labute approximate surface area is 127 Å². The van der Waals surface area contributed by atoms with E-state index in [0.29, 0.717) is 12.1 Å². The fraction of sp³-hybridized carbons (Fsp3) is 0.588. The normalized spacial score (nSPS) is 15.5. The molecule has 1 aliphatic carbocycles. The van der Waals surface area contributed by atoms with E-state index in [-0.39, 0.29) is 5.91 Å². The Hall–Kier alpha value is -1.55. The largest absolute Gasteiger partial charge is 0.399 e. The van der Waals surface area contributed by atoms with Crippen LogP contribution in [0.1, 0.15) is 38.5 Å². The maximum absolute atomic E-state index is 11.9. The summed E-state index contributed by atoms with van der Waals surface area (Å²) in [5.41, 5.74) is 7.14. The van der Waals surface area contributed by atoms with Crippen LogP contribution in [0.15, 0.2) is 24.3 Å². The Balaban J connectivity index is 1.61. The van der Waals surface area contributed by atoms with Crippen molar-refractivity contribution in [1.29, 1.82) is 0 Å². The number of amides is 1. The molecule has 1 saturated carbocycles. The van der Waals surface area contributed by atoms with Crippen molar-refractivity contribution in [2.24, 2.45) is 5.92 Å². The minimum Gasteiger partial charge on any atom is -0.399 e. The van der Waals surface area contributed by atoms with Crippen LogP contribution in [0.2, 0.25) is 0 Å². The van der Waals surface area contributed by atoms with E-state index in [1.54, 1.807) is 12.1 Å². The molecule has 0 spiro atoms. The van der Waals surface area contributed by atoms with Gasteiger partial charge >= 0.3 is 0 Å². The predicted molar refractivity (Wildman–Crippen MR) is 88.2 cm³/mol. The van der Waals surface area contributed by atoms with Gasteiger partial charge in [0.1, 0.15) is 0 Å². The highest BCUT2D eigenvalue weighted by molar-refractivity contribution is 5.90. The molecule has 0 radical (unpaired) electrons. The smallest absolute Gasteiger partial charge is 0.224 e. The summed E-state index contributed by atoms with van der Waals surface area (Å²) in [4.78, 5) is 14.2. The van der Waals surface area contributed by atoms with Gasteiger partial charge in [0.15, 0.2) is 0 Å². The third-order valence-electron chi connectivity index (χ3n) is 4.18. The molecule has 0 bridgehead atoms. The molecule has 0 aliphatic heterocycles. The highest BCUT2D eigenvalue weighted by Gasteiger charge is 2.16. The van der Waals surface area contributed by atoms with Crippen molar-refractivity contribution in [3.8, 4) is 0 Å². The molecule has 116 valence electrons. The zero-order chi connectivity index (χ0) is 15.1. The standard InChI is InChI=1S/C17H27N3O/c1-20(13-14-5-2-3-6-14)12-4-7-17(21)19-16-10-8-15(18)9-11-16/h8-11,14H,2-7,12-13,18H2,1H3,(H,19,21). The average Bonchev–Trinajstić information content (AvgIpc) is 2.94. The lowest BCUT2D eigenvalue weighted by molar-refractivity contribution is -0.116. The highest BCUT2D eigenvalue weighted by atomic mass is 16.1. The lowest BCUT2D eigenvalue weighted by atomic mass is 10.1. The van der Waals surface area contributed by atoms with E-state index < -0.39 is 0 Å². The van der Waals surface area contributed by atoms with Gasteiger partial charge < -0.3 is 16.0 Å². The fourth-order valence-electron chi connectivity index (χ4n) is 3.02. The summed E-state index contributed by atoms with van der Waals surface area (Å²) in [6.45, 7) is 2.17. The third-order valence-corrected chi connectivity index (χ3v) is 4.18. The number of nitrogens with two attached hydrogens (primary N) is 1. The maximum Gasteiger partial charge on any atom is 0.224 e. The quantitative estimate of drug-likeness (QED) is 0.758. The molecule has 1 aliphatic rings. The number of rotatable bonds is 7. The van der Waals surface area contributed by atoms with Crippen LogP contribution < -0.4 is 11.1 Å². The first-order valence-corrected chi connectivity index (χ1v) is 7.97. The molecule has 0 unspecified atom stereocenters. The monoisotopic (exact) mass is 289 g/mol. The lowest BCUT2D eigenvalue weighted by Gasteiger charge is -2.20. The molecule has 21 heavy (non-hydrogen) atoms. The van der Waals surface area contributed by atoms with Crippen LogP contribution in [0.25, 0.3) is 0 Å². The van der Waals surface area contributed by atoms with Gasteiger partial charge in [0.05, 0.1) is 0 Å². The number of nitrogen functional groups attached to an aromatic ring is 1. The molecule has 4 nitrogen and oxygen atoms in total. The number of hydrogen-bond donors (Lipinski definition) is 2. The van der Waals surface area contributed by atoms with Crippen molar-refractivity contribution in [3.63, 3.8) is 0 Å². The number of hydrogen-bond acceptors (Lipinski definition) is 3. The molecule has 0 aromatic heterocycles. The zero-order valence-electron chi connectivity index (χ0n) is 13.0. The van der Waals surface area contributed by atoms with Gasteiger partial charge in [-0.15, -0.1) is 0 Å². The summed E-state index contributed by atoms with van der Waals surface area (Å²) >= 11 is 0.